The molecule has 0 spiro atoms. The second-order valence-corrected chi connectivity index (χ2v) is 4.14. The van der Waals surface area contributed by atoms with Crippen LogP contribution < -0.4 is 16.0 Å². The third-order valence-corrected chi connectivity index (χ3v) is 2.78. The van der Waals surface area contributed by atoms with Crippen LogP contribution in [0.1, 0.15) is 23.3 Å². The van der Waals surface area contributed by atoms with Crippen molar-refractivity contribution in [2.75, 3.05) is 12.4 Å². The number of hydrogen-bond donors (Lipinski definition) is 3. The quantitative estimate of drug-likeness (QED) is 0.647. The summed E-state index contributed by atoms with van der Waals surface area (Å²) in [5.41, 5.74) is 0.219. The number of carbonyl (C=O) groups is 3. The van der Waals surface area contributed by atoms with Crippen molar-refractivity contribution in [3.8, 4) is 0 Å². The molecule has 19 heavy (non-hydrogen) atoms. The number of rotatable bonds is 3. The Morgan fingerprint density at radius 1 is 1.42 bits per heavy atom. The minimum Gasteiger partial charge on any atom is -0.373 e. The maximum Gasteiger partial charge on any atom is 0.270 e. The molecule has 1 aromatic heterocycles. The Morgan fingerprint density at radius 3 is 2.89 bits per heavy atom. The third kappa shape index (κ3) is 3.06. The first-order valence-corrected chi connectivity index (χ1v) is 5.89. The van der Waals surface area contributed by atoms with Crippen LogP contribution in [-0.2, 0) is 9.59 Å². The predicted octanol–water partition coefficient (Wildman–Crippen LogP) is -0.342. The zero-order chi connectivity index (χ0) is 13.8. The van der Waals surface area contributed by atoms with E-state index in [0.29, 0.717) is 12.2 Å². The second-order valence-electron chi connectivity index (χ2n) is 4.14. The van der Waals surface area contributed by atoms with Crippen molar-refractivity contribution in [3.05, 3.63) is 23.9 Å². The number of piperidine rings is 1. The fraction of sp³-hybridized carbons (Fsp3) is 0.333. The van der Waals surface area contributed by atoms with E-state index < -0.39 is 17.9 Å². The average Bonchev–Trinajstić information content (AvgIpc) is 2.42. The minimum atomic E-state index is -0.690. The Morgan fingerprint density at radius 2 is 2.21 bits per heavy atom. The average molecular weight is 262 g/mol. The van der Waals surface area contributed by atoms with E-state index in [1.165, 1.54) is 0 Å². The third-order valence-electron chi connectivity index (χ3n) is 2.78. The number of amides is 3. The van der Waals surface area contributed by atoms with Gasteiger partial charge in [-0.05, 0) is 18.6 Å². The Labute approximate surface area is 109 Å². The molecule has 7 heteroatoms. The van der Waals surface area contributed by atoms with Gasteiger partial charge in [-0.25, -0.2) is 4.98 Å². The van der Waals surface area contributed by atoms with Gasteiger partial charge in [0.15, 0.2) is 0 Å². The molecule has 1 unspecified atom stereocenters. The molecular formula is C12H14N4O3. The topological polar surface area (TPSA) is 100 Å². The molecule has 1 saturated heterocycles. The smallest absolute Gasteiger partial charge is 0.270 e. The van der Waals surface area contributed by atoms with Crippen molar-refractivity contribution in [1.29, 1.82) is 0 Å². The zero-order valence-corrected chi connectivity index (χ0v) is 10.4. The molecule has 1 aliphatic heterocycles. The monoisotopic (exact) mass is 262 g/mol. The summed E-state index contributed by atoms with van der Waals surface area (Å²) in [5.74, 6) is -0.664. The first-order chi connectivity index (χ1) is 9.10. The van der Waals surface area contributed by atoms with Crippen LogP contribution in [0.3, 0.4) is 0 Å². The normalized spacial score (nSPS) is 18.7. The van der Waals surface area contributed by atoms with Crippen LogP contribution in [0.25, 0.3) is 0 Å². The Hall–Kier alpha value is -2.44. The van der Waals surface area contributed by atoms with Crippen LogP contribution in [0.15, 0.2) is 18.2 Å². The summed E-state index contributed by atoms with van der Waals surface area (Å²) in [6.45, 7) is 0. The molecule has 1 aromatic rings. The Bertz CT molecular complexity index is 529. The van der Waals surface area contributed by atoms with Gasteiger partial charge < -0.3 is 10.6 Å². The van der Waals surface area contributed by atoms with Crippen LogP contribution in [0.5, 0.6) is 0 Å². The van der Waals surface area contributed by atoms with E-state index in [4.69, 9.17) is 0 Å². The minimum absolute atomic E-state index is 0.219. The molecule has 1 fully saturated rings. The van der Waals surface area contributed by atoms with Gasteiger partial charge in [-0.15, -0.1) is 0 Å². The van der Waals surface area contributed by atoms with Gasteiger partial charge in [0, 0.05) is 13.5 Å². The number of imide groups is 1. The van der Waals surface area contributed by atoms with Gasteiger partial charge in [-0.2, -0.15) is 0 Å². The van der Waals surface area contributed by atoms with Crippen LogP contribution in [0.4, 0.5) is 5.82 Å². The highest BCUT2D eigenvalue weighted by Gasteiger charge is 2.28. The first-order valence-electron chi connectivity index (χ1n) is 5.89. The van der Waals surface area contributed by atoms with Crippen LogP contribution >= 0.6 is 0 Å². The van der Waals surface area contributed by atoms with Gasteiger partial charge in [0.2, 0.25) is 11.8 Å². The van der Waals surface area contributed by atoms with Gasteiger partial charge >= 0.3 is 0 Å². The molecule has 0 bridgehead atoms. The van der Waals surface area contributed by atoms with Crippen LogP contribution in [0, 0.1) is 0 Å². The van der Waals surface area contributed by atoms with E-state index >= 15 is 0 Å². The molecule has 1 atom stereocenters. The van der Waals surface area contributed by atoms with Crippen molar-refractivity contribution in [1.82, 2.24) is 15.6 Å². The summed E-state index contributed by atoms with van der Waals surface area (Å²) in [5, 5.41) is 7.57. The van der Waals surface area contributed by atoms with E-state index in [9.17, 15) is 14.4 Å². The predicted molar refractivity (Wildman–Crippen MR) is 67.4 cm³/mol. The maximum absolute atomic E-state index is 11.9. The fourth-order valence-electron chi connectivity index (χ4n) is 1.76. The highest BCUT2D eigenvalue weighted by molar-refractivity contribution is 6.03. The molecule has 100 valence electrons. The standard InChI is InChI=1S/C12H14N4O3/c1-13-9-4-2-3-7(14-9)11(18)15-8-5-6-10(17)16-12(8)19/h2-4,8H,5-6H2,1H3,(H,13,14)(H,15,18)(H,16,17,19). The van der Waals surface area contributed by atoms with Crippen LogP contribution in [-0.4, -0.2) is 35.8 Å². The number of aromatic nitrogens is 1. The lowest BCUT2D eigenvalue weighted by Gasteiger charge is -2.21. The molecule has 2 heterocycles. The first kappa shape index (κ1) is 13.0. The summed E-state index contributed by atoms with van der Waals surface area (Å²) in [6.07, 6.45) is 0.531. The molecule has 2 rings (SSSR count). The van der Waals surface area contributed by atoms with Crippen molar-refractivity contribution in [2.24, 2.45) is 0 Å². The lowest BCUT2D eigenvalue weighted by Crippen LogP contribution is -2.52. The summed E-state index contributed by atoms with van der Waals surface area (Å²) in [6, 6.07) is 4.29. The van der Waals surface area contributed by atoms with Crippen molar-refractivity contribution in [3.63, 3.8) is 0 Å². The van der Waals surface area contributed by atoms with Crippen molar-refractivity contribution in [2.45, 2.75) is 18.9 Å². The number of anilines is 1. The van der Waals surface area contributed by atoms with Gasteiger partial charge in [-0.3, -0.25) is 19.7 Å². The van der Waals surface area contributed by atoms with E-state index in [-0.39, 0.29) is 18.0 Å². The molecule has 0 radical (unpaired) electrons. The number of pyridine rings is 1. The Balaban J connectivity index is 2.04. The lowest BCUT2D eigenvalue weighted by molar-refractivity contribution is -0.134. The largest absolute Gasteiger partial charge is 0.373 e. The maximum atomic E-state index is 11.9. The number of carbonyl (C=O) groups excluding carboxylic acids is 3. The molecule has 3 amide bonds. The molecule has 3 N–H and O–H groups in total. The molecule has 7 nitrogen and oxygen atoms in total. The molecule has 0 aliphatic carbocycles. The van der Waals surface area contributed by atoms with Gasteiger partial charge in [0.05, 0.1) is 0 Å². The van der Waals surface area contributed by atoms with E-state index in [1.54, 1.807) is 25.2 Å². The number of hydrogen-bond acceptors (Lipinski definition) is 5. The second kappa shape index (κ2) is 5.47. The zero-order valence-electron chi connectivity index (χ0n) is 10.4. The molecular weight excluding hydrogens is 248 g/mol. The summed E-state index contributed by atoms with van der Waals surface area (Å²) in [7, 11) is 1.70. The molecule has 0 saturated carbocycles. The van der Waals surface area contributed by atoms with E-state index in [0.717, 1.165) is 0 Å². The van der Waals surface area contributed by atoms with Gasteiger partial charge in [-0.1, -0.05) is 6.07 Å². The lowest BCUT2D eigenvalue weighted by atomic mass is 10.1. The highest BCUT2D eigenvalue weighted by atomic mass is 16.2. The summed E-state index contributed by atoms with van der Waals surface area (Å²) < 4.78 is 0. The summed E-state index contributed by atoms with van der Waals surface area (Å²) >= 11 is 0. The highest BCUT2D eigenvalue weighted by Crippen LogP contribution is 2.07. The van der Waals surface area contributed by atoms with Gasteiger partial charge in [0.1, 0.15) is 17.6 Å². The summed E-state index contributed by atoms with van der Waals surface area (Å²) in [4.78, 5) is 38.5. The van der Waals surface area contributed by atoms with Crippen molar-refractivity contribution < 1.29 is 14.4 Å². The molecule has 1 aliphatic rings. The van der Waals surface area contributed by atoms with E-state index in [2.05, 4.69) is 20.9 Å². The Kier molecular flexibility index (Phi) is 3.74. The van der Waals surface area contributed by atoms with Gasteiger partial charge in [0.25, 0.3) is 5.91 Å². The number of nitrogens with one attached hydrogen (secondary N) is 3. The molecule has 0 aromatic carbocycles. The van der Waals surface area contributed by atoms with E-state index in [1.807, 2.05) is 0 Å². The fourth-order valence-corrected chi connectivity index (χ4v) is 1.76. The van der Waals surface area contributed by atoms with Crippen molar-refractivity contribution >= 4 is 23.5 Å². The SMILES string of the molecule is CNc1cccc(C(=O)NC2CCC(=O)NC2=O)n1. The number of nitrogens with zero attached hydrogens (tertiary/aromatic N) is 1. The van der Waals surface area contributed by atoms with Crippen LogP contribution in [0.2, 0.25) is 0 Å².